The van der Waals surface area contributed by atoms with E-state index in [4.69, 9.17) is 5.26 Å². The van der Waals surface area contributed by atoms with Gasteiger partial charge in [0.1, 0.15) is 0 Å². The molecule has 1 heterocycles. The van der Waals surface area contributed by atoms with Crippen molar-refractivity contribution in [1.82, 2.24) is 0 Å². The predicted molar refractivity (Wildman–Crippen MR) is 48.6 cm³/mol. The van der Waals surface area contributed by atoms with Crippen LogP contribution >= 0.6 is 0 Å². The maximum atomic E-state index is 10.9. The van der Waals surface area contributed by atoms with Crippen LogP contribution in [0.15, 0.2) is 0 Å². The van der Waals surface area contributed by atoms with E-state index in [1.165, 1.54) is 6.42 Å². The molecule has 1 aliphatic carbocycles. The van der Waals surface area contributed by atoms with Gasteiger partial charge in [-0.15, -0.1) is 0 Å². The van der Waals surface area contributed by atoms with Gasteiger partial charge in [-0.1, -0.05) is 6.42 Å². The lowest BCUT2D eigenvalue weighted by Gasteiger charge is -2.38. The van der Waals surface area contributed by atoms with Gasteiger partial charge in [0.05, 0.1) is 23.5 Å². The number of sulfone groups is 1. The highest BCUT2D eigenvalue weighted by atomic mass is 32.2. The lowest BCUT2D eigenvalue weighted by Crippen LogP contribution is -2.44. The van der Waals surface area contributed by atoms with Gasteiger partial charge in [-0.25, -0.2) is 8.42 Å². The van der Waals surface area contributed by atoms with E-state index in [1.807, 2.05) is 0 Å². The first-order chi connectivity index (χ1) is 6.12. The monoisotopic (exact) mass is 199 g/mol. The van der Waals surface area contributed by atoms with Crippen molar-refractivity contribution in [2.75, 3.05) is 11.5 Å². The fourth-order valence-electron chi connectivity index (χ4n) is 2.21. The molecule has 0 radical (unpaired) electrons. The Morgan fingerprint density at radius 3 is 2.15 bits per heavy atom. The van der Waals surface area contributed by atoms with Crippen molar-refractivity contribution in [3.63, 3.8) is 0 Å². The van der Waals surface area contributed by atoms with Crippen LogP contribution in [0.2, 0.25) is 0 Å². The first-order valence-electron chi connectivity index (χ1n) is 4.72. The highest BCUT2D eigenvalue weighted by molar-refractivity contribution is 7.92. The highest BCUT2D eigenvalue weighted by Gasteiger charge is 2.43. The number of nitrogens with zero attached hydrogens (tertiary/aromatic N) is 1. The maximum absolute atomic E-state index is 10.9. The van der Waals surface area contributed by atoms with E-state index in [1.54, 1.807) is 0 Å². The minimum absolute atomic E-state index is 0.0114. The summed E-state index contributed by atoms with van der Waals surface area (Å²) in [4.78, 5) is 0. The van der Waals surface area contributed by atoms with Gasteiger partial charge in [0.2, 0.25) is 0 Å². The zero-order chi connectivity index (χ0) is 9.47. The zero-order valence-corrected chi connectivity index (χ0v) is 8.26. The summed E-state index contributed by atoms with van der Waals surface area (Å²) in [7, 11) is -2.75. The molecule has 13 heavy (non-hydrogen) atoms. The molecule has 1 aliphatic heterocycles. The second kappa shape index (κ2) is 2.98. The number of rotatable bonds is 2. The van der Waals surface area contributed by atoms with Crippen LogP contribution in [-0.2, 0) is 9.84 Å². The molecule has 0 spiro atoms. The van der Waals surface area contributed by atoms with Gasteiger partial charge in [-0.05, 0) is 18.8 Å². The van der Waals surface area contributed by atoms with E-state index >= 15 is 0 Å². The molecule has 2 aliphatic rings. The van der Waals surface area contributed by atoms with Crippen LogP contribution in [0.4, 0.5) is 0 Å². The van der Waals surface area contributed by atoms with Gasteiger partial charge in [-0.3, -0.25) is 0 Å². The molecule has 72 valence electrons. The summed E-state index contributed by atoms with van der Waals surface area (Å²) < 4.78 is 21.9. The first-order valence-corrected chi connectivity index (χ1v) is 6.54. The van der Waals surface area contributed by atoms with Gasteiger partial charge in [0, 0.05) is 5.92 Å². The second-order valence-electron chi connectivity index (χ2n) is 4.18. The predicted octanol–water partition coefficient (Wildman–Crippen LogP) is 0.971. The van der Waals surface area contributed by atoms with Crippen LogP contribution in [0, 0.1) is 29.1 Å². The Morgan fingerprint density at radius 2 is 1.85 bits per heavy atom. The molecule has 0 bridgehead atoms. The van der Waals surface area contributed by atoms with Crippen molar-refractivity contribution in [2.24, 2.45) is 17.8 Å². The summed E-state index contributed by atoms with van der Waals surface area (Å²) in [6.45, 7) is 0. The molecule has 0 amide bonds. The van der Waals surface area contributed by atoms with E-state index in [-0.39, 0.29) is 23.3 Å². The van der Waals surface area contributed by atoms with Crippen LogP contribution in [0.25, 0.3) is 0 Å². The fraction of sp³-hybridized carbons (Fsp3) is 0.889. The van der Waals surface area contributed by atoms with Crippen LogP contribution in [-0.4, -0.2) is 19.9 Å². The van der Waals surface area contributed by atoms with E-state index in [0.717, 1.165) is 12.8 Å². The Bertz CT molecular complexity index is 325. The van der Waals surface area contributed by atoms with Crippen LogP contribution in [0.5, 0.6) is 0 Å². The van der Waals surface area contributed by atoms with Gasteiger partial charge in [0.25, 0.3) is 0 Å². The SMILES string of the molecule is N#CC(C1CCC1)C1CS(=O)(=O)C1. The molecule has 4 heteroatoms. The molecule has 1 saturated heterocycles. The molecule has 1 atom stereocenters. The summed E-state index contributed by atoms with van der Waals surface area (Å²) in [6.07, 6.45) is 3.45. The quantitative estimate of drug-likeness (QED) is 0.666. The molecule has 2 rings (SSSR count). The van der Waals surface area contributed by atoms with Gasteiger partial charge < -0.3 is 0 Å². The van der Waals surface area contributed by atoms with Gasteiger partial charge >= 0.3 is 0 Å². The minimum atomic E-state index is -2.75. The molecule has 1 saturated carbocycles. The molecule has 0 aromatic rings. The lowest BCUT2D eigenvalue weighted by atomic mass is 9.72. The molecule has 0 N–H and O–H groups in total. The van der Waals surface area contributed by atoms with E-state index in [9.17, 15) is 8.42 Å². The van der Waals surface area contributed by atoms with Crippen molar-refractivity contribution in [3.8, 4) is 6.07 Å². The Labute approximate surface area is 78.7 Å². The summed E-state index contributed by atoms with van der Waals surface area (Å²) in [6, 6.07) is 2.28. The normalized spacial score (nSPS) is 29.8. The summed E-state index contributed by atoms with van der Waals surface area (Å²) in [5.74, 6) is 1.15. The van der Waals surface area contributed by atoms with Crippen LogP contribution in [0.1, 0.15) is 19.3 Å². The van der Waals surface area contributed by atoms with Crippen molar-refractivity contribution < 1.29 is 8.42 Å². The second-order valence-corrected chi connectivity index (χ2v) is 6.34. The summed E-state index contributed by atoms with van der Waals surface area (Å²) in [5, 5.41) is 8.92. The van der Waals surface area contributed by atoms with E-state index in [2.05, 4.69) is 6.07 Å². The minimum Gasteiger partial charge on any atom is -0.229 e. The third kappa shape index (κ3) is 1.58. The highest BCUT2D eigenvalue weighted by Crippen LogP contribution is 2.40. The standard InChI is InChI=1S/C9H13NO2S/c10-4-9(7-2-1-3-7)8-5-13(11,12)6-8/h7-9H,1-3,5-6H2. The third-order valence-corrected chi connectivity index (χ3v) is 5.12. The average molecular weight is 199 g/mol. The Morgan fingerprint density at radius 1 is 1.23 bits per heavy atom. The number of nitriles is 1. The van der Waals surface area contributed by atoms with Crippen LogP contribution in [0.3, 0.4) is 0 Å². The molecule has 1 unspecified atom stereocenters. The zero-order valence-electron chi connectivity index (χ0n) is 7.44. The molecule has 0 aromatic carbocycles. The molecule has 2 fully saturated rings. The average Bonchev–Trinajstić information content (AvgIpc) is 1.91. The maximum Gasteiger partial charge on any atom is 0.151 e. The number of hydrogen-bond donors (Lipinski definition) is 0. The van der Waals surface area contributed by atoms with Gasteiger partial charge in [-0.2, -0.15) is 5.26 Å². The van der Waals surface area contributed by atoms with Gasteiger partial charge in [0.15, 0.2) is 9.84 Å². The third-order valence-electron chi connectivity index (χ3n) is 3.25. The topological polar surface area (TPSA) is 57.9 Å². The molecule has 0 aromatic heterocycles. The van der Waals surface area contributed by atoms with Crippen molar-refractivity contribution in [3.05, 3.63) is 0 Å². The summed E-state index contributed by atoms with van der Waals surface area (Å²) in [5.41, 5.74) is 0. The largest absolute Gasteiger partial charge is 0.229 e. The Hall–Kier alpha value is -0.560. The number of hydrogen-bond acceptors (Lipinski definition) is 3. The van der Waals surface area contributed by atoms with E-state index in [0.29, 0.717) is 5.92 Å². The molecular formula is C9H13NO2S. The first kappa shape index (κ1) is 9.01. The van der Waals surface area contributed by atoms with Crippen molar-refractivity contribution in [2.45, 2.75) is 19.3 Å². The Kier molecular flexibility index (Phi) is 2.07. The Balaban J connectivity index is 1.96. The summed E-state index contributed by atoms with van der Waals surface area (Å²) >= 11 is 0. The smallest absolute Gasteiger partial charge is 0.151 e. The van der Waals surface area contributed by atoms with E-state index < -0.39 is 9.84 Å². The molecular weight excluding hydrogens is 186 g/mol. The van der Waals surface area contributed by atoms with Crippen molar-refractivity contribution >= 4 is 9.84 Å². The van der Waals surface area contributed by atoms with Crippen molar-refractivity contribution in [1.29, 1.82) is 5.26 Å². The molecule has 3 nitrogen and oxygen atoms in total. The lowest BCUT2D eigenvalue weighted by molar-refractivity contribution is 0.200. The van der Waals surface area contributed by atoms with Crippen LogP contribution < -0.4 is 0 Å². The fourth-order valence-corrected chi connectivity index (χ4v) is 3.83.